The minimum Gasteiger partial charge on any atom is -0.459 e. The second kappa shape index (κ2) is 7.85. The molecule has 3 rings (SSSR count). The van der Waals surface area contributed by atoms with Crippen molar-refractivity contribution in [2.45, 2.75) is 25.8 Å². The van der Waals surface area contributed by atoms with Gasteiger partial charge in [-0.1, -0.05) is 37.3 Å². The van der Waals surface area contributed by atoms with Gasteiger partial charge in [0.1, 0.15) is 0 Å². The first-order valence-electron chi connectivity index (χ1n) is 8.88. The van der Waals surface area contributed by atoms with Gasteiger partial charge in [0.15, 0.2) is 5.76 Å². The molecule has 0 aliphatic carbocycles. The number of carbonyl (C=O) groups excluding carboxylic acids is 1. The minimum absolute atomic E-state index is 0.0844. The van der Waals surface area contributed by atoms with Gasteiger partial charge in [0.25, 0.3) is 5.91 Å². The quantitative estimate of drug-likeness (QED) is 0.876. The zero-order valence-electron chi connectivity index (χ0n) is 15.0. The molecule has 5 heteroatoms. The molecule has 2 heterocycles. The number of hydrogen-bond donors (Lipinski definition) is 1. The number of carbonyl (C=O) groups is 1. The lowest BCUT2D eigenvalue weighted by Crippen LogP contribution is -2.56. The summed E-state index contributed by atoms with van der Waals surface area (Å²) < 4.78 is 10.9. The lowest BCUT2D eigenvalue weighted by atomic mass is 9.95. The van der Waals surface area contributed by atoms with Crippen LogP contribution in [0, 0.1) is 0 Å². The molecule has 1 atom stereocenters. The molecule has 0 radical (unpaired) electrons. The summed E-state index contributed by atoms with van der Waals surface area (Å²) in [4.78, 5) is 15.1. The van der Waals surface area contributed by atoms with E-state index in [9.17, 15) is 4.79 Å². The van der Waals surface area contributed by atoms with E-state index in [1.54, 1.807) is 6.26 Å². The lowest BCUT2D eigenvalue weighted by Gasteiger charge is -2.43. The smallest absolute Gasteiger partial charge is 0.287 e. The normalized spacial score (nSPS) is 17.8. The Morgan fingerprint density at radius 1 is 1.20 bits per heavy atom. The third-order valence-electron chi connectivity index (χ3n) is 5.12. The van der Waals surface area contributed by atoms with Gasteiger partial charge in [0.2, 0.25) is 0 Å². The Hall–Kier alpha value is -2.11. The van der Waals surface area contributed by atoms with Crippen LogP contribution in [0.15, 0.2) is 47.1 Å². The van der Waals surface area contributed by atoms with Gasteiger partial charge in [-0.05, 0) is 25.0 Å². The summed E-state index contributed by atoms with van der Waals surface area (Å²) in [5.41, 5.74) is 1.72. The van der Waals surface area contributed by atoms with Gasteiger partial charge in [-0.25, -0.2) is 0 Å². The Kier molecular flexibility index (Phi) is 5.56. The van der Waals surface area contributed by atoms with Gasteiger partial charge in [0, 0.05) is 30.7 Å². The van der Waals surface area contributed by atoms with Crippen molar-refractivity contribution in [3.05, 3.63) is 48.4 Å². The van der Waals surface area contributed by atoms with E-state index in [4.69, 9.17) is 9.15 Å². The Balaban J connectivity index is 1.69. The maximum absolute atomic E-state index is 12.7. The molecule has 5 nitrogen and oxygen atoms in total. The van der Waals surface area contributed by atoms with E-state index in [-0.39, 0.29) is 11.4 Å². The molecule has 134 valence electrons. The van der Waals surface area contributed by atoms with Crippen molar-refractivity contribution in [3.8, 4) is 11.1 Å². The van der Waals surface area contributed by atoms with Gasteiger partial charge in [-0.3, -0.25) is 9.69 Å². The van der Waals surface area contributed by atoms with Crippen LogP contribution in [-0.2, 0) is 4.74 Å². The summed E-state index contributed by atoms with van der Waals surface area (Å²) in [5, 5.41) is 3.07. The van der Waals surface area contributed by atoms with Crippen LogP contribution < -0.4 is 5.32 Å². The number of nitrogens with zero attached hydrogens (tertiary/aromatic N) is 1. The van der Waals surface area contributed by atoms with Crippen LogP contribution in [-0.4, -0.2) is 49.2 Å². The third-order valence-corrected chi connectivity index (χ3v) is 5.12. The van der Waals surface area contributed by atoms with Crippen molar-refractivity contribution in [2.24, 2.45) is 0 Å². The topological polar surface area (TPSA) is 54.7 Å². The molecule has 1 aliphatic rings. The molecule has 2 aromatic rings. The van der Waals surface area contributed by atoms with Crippen molar-refractivity contribution in [2.75, 3.05) is 32.8 Å². The van der Waals surface area contributed by atoms with E-state index in [2.05, 4.69) is 24.1 Å². The van der Waals surface area contributed by atoms with Gasteiger partial charge in [-0.15, -0.1) is 0 Å². The number of rotatable bonds is 6. The molecule has 1 amide bonds. The number of ether oxygens (including phenoxy) is 1. The van der Waals surface area contributed by atoms with Crippen molar-refractivity contribution in [3.63, 3.8) is 0 Å². The zero-order chi connectivity index (χ0) is 17.7. The SMILES string of the molecule is CCC(C)(CNC(=O)c1occc1-c1ccccc1)N1CCOCC1. The first-order chi connectivity index (χ1) is 12.1. The van der Waals surface area contributed by atoms with Crippen LogP contribution >= 0.6 is 0 Å². The second-order valence-corrected chi connectivity index (χ2v) is 6.66. The Morgan fingerprint density at radius 2 is 1.92 bits per heavy atom. The van der Waals surface area contributed by atoms with Crippen LogP contribution in [0.4, 0.5) is 0 Å². The average molecular weight is 342 g/mol. The molecule has 0 saturated carbocycles. The average Bonchev–Trinajstić information content (AvgIpc) is 3.17. The second-order valence-electron chi connectivity index (χ2n) is 6.66. The summed E-state index contributed by atoms with van der Waals surface area (Å²) in [6, 6.07) is 11.7. The number of morpholine rings is 1. The number of nitrogens with one attached hydrogen (secondary N) is 1. The highest BCUT2D eigenvalue weighted by atomic mass is 16.5. The zero-order valence-corrected chi connectivity index (χ0v) is 15.0. The van der Waals surface area contributed by atoms with E-state index in [0.717, 1.165) is 43.9 Å². The number of amides is 1. The van der Waals surface area contributed by atoms with Crippen molar-refractivity contribution in [1.82, 2.24) is 10.2 Å². The molecule has 1 N–H and O–H groups in total. The molecular formula is C20H26N2O3. The maximum atomic E-state index is 12.7. The van der Waals surface area contributed by atoms with E-state index in [0.29, 0.717) is 12.3 Å². The molecule has 1 saturated heterocycles. The van der Waals surface area contributed by atoms with Crippen LogP contribution in [0.1, 0.15) is 30.8 Å². The van der Waals surface area contributed by atoms with Crippen LogP contribution in [0.25, 0.3) is 11.1 Å². The molecule has 1 aromatic carbocycles. The van der Waals surface area contributed by atoms with Gasteiger partial charge >= 0.3 is 0 Å². The van der Waals surface area contributed by atoms with E-state index in [1.165, 1.54) is 0 Å². The molecule has 1 aliphatic heterocycles. The third kappa shape index (κ3) is 3.94. The molecule has 25 heavy (non-hydrogen) atoms. The van der Waals surface area contributed by atoms with E-state index in [1.807, 2.05) is 36.4 Å². The van der Waals surface area contributed by atoms with Crippen LogP contribution in [0.3, 0.4) is 0 Å². The molecule has 1 unspecified atom stereocenters. The Labute approximate surface area is 149 Å². The first-order valence-corrected chi connectivity index (χ1v) is 8.88. The molecular weight excluding hydrogens is 316 g/mol. The first kappa shape index (κ1) is 17.7. The summed E-state index contributed by atoms with van der Waals surface area (Å²) in [7, 11) is 0. The van der Waals surface area contributed by atoms with E-state index < -0.39 is 0 Å². The maximum Gasteiger partial charge on any atom is 0.287 e. The largest absolute Gasteiger partial charge is 0.459 e. The molecule has 1 fully saturated rings. The fourth-order valence-corrected chi connectivity index (χ4v) is 3.24. The van der Waals surface area contributed by atoms with Gasteiger partial charge in [-0.2, -0.15) is 0 Å². The van der Waals surface area contributed by atoms with Crippen molar-refractivity contribution >= 4 is 5.91 Å². The number of benzene rings is 1. The molecule has 0 spiro atoms. The Bertz CT molecular complexity index is 692. The minimum atomic E-state index is -0.170. The van der Waals surface area contributed by atoms with Gasteiger partial charge < -0.3 is 14.5 Å². The fourth-order valence-electron chi connectivity index (χ4n) is 3.24. The lowest BCUT2D eigenvalue weighted by molar-refractivity contribution is -0.0170. The summed E-state index contributed by atoms with van der Waals surface area (Å²) >= 11 is 0. The van der Waals surface area contributed by atoms with Crippen molar-refractivity contribution in [1.29, 1.82) is 0 Å². The molecule has 0 bridgehead atoms. The summed E-state index contributed by atoms with van der Waals surface area (Å²) in [6.07, 6.45) is 2.52. The highest BCUT2D eigenvalue weighted by Gasteiger charge is 2.32. The van der Waals surface area contributed by atoms with Crippen molar-refractivity contribution < 1.29 is 13.9 Å². The highest BCUT2D eigenvalue weighted by Crippen LogP contribution is 2.25. The van der Waals surface area contributed by atoms with E-state index >= 15 is 0 Å². The summed E-state index contributed by atoms with van der Waals surface area (Å²) in [5.74, 6) is 0.198. The predicted molar refractivity (Wildman–Crippen MR) is 97.6 cm³/mol. The number of furan rings is 1. The standard InChI is InChI=1S/C20H26N2O3/c1-3-20(2,22-10-13-24-14-11-22)15-21-19(23)18-17(9-12-25-18)16-7-5-4-6-8-16/h4-9,12H,3,10-11,13-15H2,1-2H3,(H,21,23). The van der Waals surface area contributed by atoms with Gasteiger partial charge in [0.05, 0.1) is 19.5 Å². The molecule has 1 aromatic heterocycles. The Morgan fingerprint density at radius 3 is 2.60 bits per heavy atom. The van der Waals surface area contributed by atoms with Crippen LogP contribution in [0.5, 0.6) is 0 Å². The van der Waals surface area contributed by atoms with Crippen LogP contribution in [0.2, 0.25) is 0 Å². The predicted octanol–water partition coefficient (Wildman–Crippen LogP) is 3.18. The fraction of sp³-hybridized carbons (Fsp3) is 0.450. The number of hydrogen-bond acceptors (Lipinski definition) is 4. The highest BCUT2D eigenvalue weighted by molar-refractivity contribution is 5.98. The monoisotopic (exact) mass is 342 g/mol. The summed E-state index contributed by atoms with van der Waals surface area (Å²) in [6.45, 7) is 8.23.